The number of Topliss-reactive ketones (excluding diaryl/α,β-unsaturated/α-hetero) is 1. The monoisotopic (exact) mass is 290 g/mol. The van der Waals surface area contributed by atoms with Crippen LogP contribution in [-0.2, 0) is 4.79 Å². The summed E-state index contributed by atoms with van der Waals surface area (Å²) in [5.41, 5.74) is 0.598. The number of hydrogen-bond acceptors (Lipinski definition) is 2. The van der Waals surface area contributed by atoms with E-state index in [-0.39, 0.29) is 11.5 Å². The second-order valence-corrected chi connectivity index (χ2v) is 9.04. The van der Waals surface area contributed by atoms with Gasteiger partial charge in [-0.15, -0.1) is 0 Å². The van der Waals surface area contributed by atoms with Gasteiger partial charge in [0, 0.05) is 12.8 Å². The summed E-state index contributed by atoms with van der Waals surface area (Å²) in [5, 5.41) is 10.5. The molecule has 0 radical (unpaired) electrons. The summed E-state index contributed by atoms with van der Waals surface area (Å²) in [4.78, 5) is 11.9. The predicted molar refractivity (Wildman–Crippen MR) is 82.7 cm³/mol. The Bertz CT molecular complexity index is 458. The van der Waals surface area contributed by atoms with Crippen molar-refractivity contribution in [1.29, 1.82) is 0 Å². The van der Waals surface area contributed by atoms with Crippen LogP contribution in [0, 0.1) is 34.5 Å². The molecule has 2 heteroatoms. The van der Waals surface area contributed by atoms with Gasteiger partial charge in [0.05, 0.1) is 6.10 Å². The third-order valence-corrected chi connectivity index (χ3v) is 8.43. The molecule has 2 nitrogen and oxygen atoms in total. The lowest BCUT2D eigenvalue weighted by Crippen LogP contribution is -2.54. The van der Waals surface area contributed by atoms with Crippen LogP contribution in [0.15, 0.2) is 0 Å². The van der Waals surface area contributed by atoms with Crippen molar-refractivity contribution in [2.75, 3.05) is 0 Å². The molecule has 0 saturated heterocycles. The SMILES string of the molecule is C[C@@]12CC[C@H]3[C@@H](CC[C@H]4CC(=O)CC[C@]43C)[C@H]1CC[C@@H]2O. The van der Waals surface area contributed by atoms with E-state index in [9.17, 15) is 9.90 Å². The van der Waals surface area contributed by atoms with Gasteiger partial charge in [-0.1, -0.05) is 13.8 Å². The van der Waals surface area contributed by atoms with Crippen LogP contribution in [0.4, 0.5) is 0 Å². The Labute approximate surface area is 128 Å². The lowest BCUT2D eigenvalue weighted by atomic mass is 9.45. The molecule has 21 heavy (non-hydrogen) atoms. The Kier molecular flexibility index (Phi) is 3.10. The van der Waals surface area contributed by atoms with Crippen molar-refractivity contribution in [1.82, 2.24) is 0 Å². The van der Waals surface area contributed by atoms with E-state index in [0.717, 1.165) is 43.4 Å². The zero-order valence-electron chi connectivity index (χ0n) is 13.6. The quantitative estimate of drug-likeness (QED) is 0.733. The Morgan fingerprint density at radius 3 is 2.52 bits per heavy atom. The molecule has 0 heterocycles. The van der Waals surface area contributed by atoms with Gasteiger partial charge in [0.1, 0.15) is 5.78 Å². The van der Waals surface area contributed by atoms with Gasteiger partial charge in [0.25, 0.3) is 0 Å². The first-order valence-corrected chi connectivity index (χ1v) is 9.15. The molecule has 4 saturated carbocycles. The summed E-state index contributed by atoms with van der Waals surface area (Å²) in [5.74, 6) is 3.52. The summed E-state index contributed by atoms with van der Waals surface area (Å²) in [6, 6.07) is 0. The molecule has 0 aromatic heterocycles. The minimum atomic E-state index is -0.0677. The highest BCUT2D eigenvalue weighted by atomic mass is 16.3. The summed E-state index contributed by atoms with van der Waals surface area (Å²) in [6.45, 7) is 4.85. The Morgan fingerprint density at radius 1 is 0.952 bits per heavy atom. The average molecular weight is 290 g/mol. The second kappa shape index (κ2) is 4.57. The number of hydrogen-bond donors (Lipinski definition) is 1. The van der Waals surface area contributed by atoms with Crippen molar-refractivity contribution in [3.8, 4) is 0 Å². The molecule has 0 aromatic rings. The molecule has 0 bridgehead atoms. The van der Waals surface area contributed by atoms with Crippen LogP contribution in [0.2, 0.25) is 0 Å². The van der Waals surface area contributed by atoms with Gasteiger partial charge >= 0.3 is 0 Å². The maximum absolute atomic E-state index is 11.9. The van der Waals surface area contributed by atoms with Crippen LogP contribution >= 0.6 is 0 Å². The van der Waals surface area contributed by atoms with Crippen molar-refractivity contribution in [3.05, 3.63) is 0 Å². The molecule has 4 rings (SSSR count). The van der Waals surface area contributed by atoms with Crippen molar-refractivity contribution in [2.24, 2.45) is 34.5 Å². The van der Waals surface area contributed by atoms with Crippen LogP contribution in [0.5, 0.6) is 0 Å². The summed E-state index contributed by atoms with van der Waals surface area (Å²) in [7, 11) is 0. The lowest BCUT2D eigenvalue weighted by molar-refractivity contribution is -0.141. The van der Waals surface area contributed by atoms with Gasteiger partial charge in [0.2, 0.25) is 0 Å². The number of carbonyl (C=O) groups excluding carboxylic acids is 1. The third-order valence-electron chi connectivity index (χ3n) is 8.43. The van der Waals surface area contributed by atoms with Gasteiger partial charge < -0.3 is 5.11 Å². The van der Waals surface area contributed by atoms with E-state index >= 15 is 0 Å². The Hall–Kier alpha value is -0.370. The van der Waals surface area contributed by atoms with E-state index < -0.39 is 0 Å². The number of aliphatic hydroxyl groups is 1. The molecule has 7 atom stereocenters. The Morgan fingerprint density at radius 2 is 1.71 bits per heavy atom. The van der Waals surface area contributed by atoms with Crippen molar-refractivity contribution >= 4 is 5.78 Å². The fraction of sp³-hybridized carbons (Fsp3) is 0.947. The van der Waals surface area contributed by atoms with E-state index in [1.165, 1.54) is 32.1 Å². The molecular formula is C19H30O2. The van der Waals surface area contributed by atoms with Crippen LogP contribution in [0.25, 0.3) is 0 Å². The number of carbonyl (C=O) groups is 1. The third kappa shape index (κ3) is 1.84. The van der Waals surface area contributed by atoms with E-state index in [1.807, 2.05) is 0 Å². The molecule has 118 valence electrons. The molecule has 0 amide bonds. The van der Waals surface area contributed by atoms with E-state index in [4.69, 9.17) is 0 Å². The van der Waals surface area contributed by atoms with Crippen molar-refractivity contribution in [2.45, 2.75) is 77.7 Å². The lowest BCUT2D eigenvalue weighted by Gasteiger charge is -2.60. The van der Waals surface area contributed by atoms with Gasteiger partial charge in [0.15, 0.2) is 0 Å². The summed E-state index contributed by atoms with van der Waals surface area (Å²) >= 11 is 0. The highest BCUT2D eigenvalue weighted by molar-refractivity contribution is 5.79. The van der Waals surface area contributed by atoms with E-state index in [0.29, 0.717) is 17.1 Å². The van der Waals surface area contributed by atoms with Crippen LogP contribution in [0.1, 0.15) is 71.6 Å². The van der Waals surface area contributed by atoms with Gasteiger partial charge in [-0.25, -0.2) is 0 Å². The molecule has 4 aliphatic carbocycles. The molecule has 0 spiro atoms. The average Bonchev–Trinajstić information content (AvgIpc) is 2.76. The molecule has 4 fully saturated rings. The van der Waals surface area contributed by atoms with Crippen molar-refractivity contribution in [3.63, 3.8) is 0 Å². The molecule has 0 aliphatic heterocycles. The number of fused-ring (bicyclic) bond motifs is 5. The van der Waals surface area contributed by atoms with Crippen LogP contribution < -0.4 is 0 Å². The maximum atomic E-state index is 11.9. The first-order chi connectivity index (χ1) is 9.95. The zero-order valence-corrected chi connectivity index (χ0v) is 13.6. The zero-order chi connectivity index (χ0) is 14.8. The highest BCUT2D eigenvalue weighted by Crippen LogP contribution is 2.65. The number of ketones is 1. The standard InChI is InChI=1S/C19H30O2/c1-18-9-7-13(20)11-12(18)3-4-14-15-5-6-17(21)19(15,2)10-8-16(14)18/h12,14-17,21H,3-11H2,1-2H3/t12-,14-,15+,16-,17-,18+,19+/m0/s1. The molecule has 0 unspecified atom stereocenters. The fourth-order valence-electron chi connectivity index (χ4n) is 7.02. The molecule has 4 aliphatic rings. The minimum Gasteiger partial charge on any atom is -0.393 e. The largest absolute Gasteiger partial charge is 0.393 e. The topological polar surface area (TPSA) is 37.3 Å². The van der Waals surface area contributed by atoms with Gasteiger partial charge in [-0.3, -0.25) is 4.79 Å². The smallest absolute Gasteiger partial charge is 0.133 e. The normalized spacial score (nSPS) is 56.5. The van der Waals surface area contributed by atoms with E-state index in [1.54, 1.807) is 0 Å². The minimum absolute atomic E-state index is 0.0677. The first-order valence-electron chi connectivity index (χ1n) is 9.15. The predicted octanol–water partition coefficient (Wildman–Crippen LogP) is 3.96. The Balaban J connectivity index is 1.64. The second-order valence-electron chi connectivity index (χ2n) is 9.04. The van der Waals surface area contributed by atoms with Crippen molar-refractivity contribution < 1.29 is 9.90 Å². The van der Waals surface area contributed by atoms with Gasteiger partial charge in [-0.05, 0) is 79.4 Å². The summed E-state index contributed by atoms with van der Waals surface area (Å²) in [6.07, 6.45) is 10.0. The van der Waals surface area contributed by atoms with E-state index in [2.05, 4.69) is 13.8 Å². The first kappa shape index (κ1) is 14.2. The maximum Gasteiger partial charge on any atom is 0.133 e. The highest BCUT2D eigenvalue weighted by Gasteiger charge is 2.59. The van der Waals surface area contributed by atoms with Crippen LogP contribution in [-0.4, -0.2) is 17.0 Å². The number of aliphatic hydroxyl groups excluding tert-OH is 1. The fourth-order valence-corrected chi connectivity index (χ4v) is 7.02. The molecule has 0 aromatic carbocycles. The van der Waals surface area contributed by atoms with Gasteiger partial charge in [-0.2, -0.15) is 0 Å². The van der Waals surface area contributed by atoms with Crippen LogP contribution in [0.3, 0.4) is 0 Å². The summed E-state index contributed by atoms with van der Waals surface area (Å²) < 4.78 is 0. The number of rotatable bonds is 0. The molecular weight excluding hydrogens is 260 g/mol. The molecule has 1 N–H and O–H groups in total.